The molecule has 6 heteroatoms. The maximum absolute atomic E-state index is 12.6. The van der Waals surface area contributed by atoms with E-state index in [0.29, 0.717) is 38.2 Å². The first-order valence-corrected chi connectivity index (χ1v) is 9.11. The minimum Gasteiger partial charge on any atom is -0.497 e. The van der Waals surface area contributed by atoms with Crippen LogP contribution in [0.2, 0.25) is 0 Å². The summed E-state index contributed by atoms with van der Waals surface area (Å²) in [5.74, 6) is 0.972. The molecule has 2 saturated heterocycles. The molecule has 0 saturated carbocycles. The first-order chi connectivity index (χ1) is 12.2. The molecule has 0 aromatic heterocycles. The zero-order valence-corrected chi connectivity index (χ0v) is 14.9. The third-order valence-corrected chi connectivity index (χ3v) is 5.10. The van der Waals surface area contributed by atoms with Gasteiger partial charge in [0, 0.05) is 44.7 Å². The first kappa shape index (κ1) is 17.7. The second kappa shape index (κ2) is 8.34. The summed E-state index contributed by atoms with van der Waals surface area (Å²) in [6, 6.07) is 7.17. The number of hydrogen-bond donors (Lipinski definition) is 0. The highest BCUT2D eigenvalue weighted by Gasteiger charge is 2.25. The van der Waals surface area contributed by atoms with Crippen molar-refractivity contribution in [1.29, 1.82) is 0 Å². The fourth-order valence-electron chi connectivity index (χ4n) is 3.49. The highest BCUT2D eigenvalue weighted by molar-refractivity contribution is 5.94. The Morgan fingerprint density at radius 1 is 0.920 bits per heavy atom. The first-order valence-electron chi connectivity index (χ1n) is 9.11. The molecule has 0 aliphatic carbocycles. The van der Waals surface area contributed by atoms with Crippen LogP contribution in [0.4, 0.5) is 0 Å². The van der Waals surface area contributed by atoms with Gasteiger partial charge in [-0.3, -0.25) is 9.59 Å². The number of amides is 2. The average Bonchev–Trinajstić information content (AvgIpc) is 3.19. The van der Waals surface area contributed by atoms with Crippen LogP contribution in [0.3, 0.4) is 0 Å². The van der Waals surface area contributed by atoms with Crippen LogP contribution >= 0.6 is 0 Å². The SMILES string of the molecule is COc1ccc(C(=O)N2CCN(C(=O)CCN3CCCC3)CC2)cc1. The van der Waals surface area contributed by atoms with E-state index in [0.717, 1.165) is 25.4 Å². The van der Waals surface area contributed by atoms with Crippen LogP contribution in [0.25, 0.3) is 0 Å². The van der Waals surface area contributed by atoms with Gasteiger partial charge in [0.25, 0.3) is 5.91 Å². The van der Waals surface area contributed by atoms with E-state index in [1.54, 1.807) is 31.4 Å². The summed E-state index contributed by atoms with van der Waals surface area (Å²) in [6.45, 7) is 5.56. The van der Waals surface area contributed by atoms with Crippen molar-refractivity contribution in [1.82, 2.24) is 14.7 Å². The Hall–Kier alpha value is -2.08. The van der Waals surface area contributed by atoms with Gasteiger partial charge < -0.3 is 19.4 Å². The van der Waals surface area contributed by atoms with Crippen LogP contribution in [0.5, 0.6) is 5.75 Å². The van der Waals surface area contributed by atoms with E-state index in [9.17, 15) is 9.59 Å². The maximum atomic E-state index is 12.6. The van der Waals surface area contributed by atoms with Crippen molar-refractivity contribution in [2.45, 2.75) is 19.3 Å². The fourth-order valence-corrected chi connectivity index (χ4v) is 3.49. The number of benzene rings is 1. The molecule has 6 nitrogen and oxygen atoms in total. The largest absolute Gasteiger partial charge is 0.497 e. The number of rotatable bonds is 5. The van der Waals surface area contributed by atoms with E-state index in [-0.39, 0.29) is 11.8 Å². The van der Waals surface area contributed by atoms with Gasteiger partial charge >= 0.3 is 0 Å². The second-order valence-corrected chi connectivity index (χ2v) is 6.70. The highest BCUT2D eigenvalue weighted by Crippen LogP contribution is 2.15. The van der Waals surface area contributed by atoms with Gasteiger partial charge in [0.15, 0.2) is 0 Å². The molecule has 0 atom stereocenters. The Balaban J connectivity index is 1.45. The topological polar surface area (TPSA) is 53.1 Å². The number of hydrogen-bond acceptors (Lipinski definition) is 4. The van der Waals surface area contributed by atoms with Crippen molar-refractivity contribution in [3.63, 3.8) is 0 Å². The summed E-state index contributed by atoms with van der Waals surface area (Å²) >= 11 is 0. The lowest BCUT2D eigenvalue weighted by Gasteiger charge is -2.35. The van der Waals surface area contributed by atoms with E-state index in [4.69, 9.17) is 4.74 Å². The molecule has 3 rings (SSSR count). The molecule has 2 aliphatic rings. The number of ether oxygens (including phenoxy) is 1. The van der Waals surface area contributed by atoms with E-state index in [1.807, 2.05) is 9.80 Å². The fraction of sp³-hybridized carbons (Fsp3) is 0.579. The number of nitrogens with zero attached hydrogens (tertiary/aromatic N) is 3. The molecule has 2 aliphatic heterocycles. The zero-order chi connectivity index (χ0) is 17.6. The van der Waals surface area contributed by atoms with E-state index >= 15 is 0 Å². The molecule has 2 amide bonds. The number of carbonyl (C=O) groups is 2. The van der Waals surface area contributed by atoms with Gasteiger partial charge in [-0.1, -0.05) is 0 Å². The smallest absolute Gasteiger partial charge is 0.253 e. The van der Waals surface area contributed by atoms with E-state index in [2.05, 4.69) is 4.90 Å². The van der Waals surface area contributed by atoms with Gasteiger partial charge in [-0.2, -0.15) is 0 Å². The normalized spacial score (nSPS) is 18.4. The maximum Gasteiger partial charge on any atom is 0.253 e. The predicted molar refractivity (Wildman–Crippen MR) is 95.8 cm³/mol. The van der Waals surface area contributed by atoms with Crippen molar-refractivity contribution < 1.29 is 14.3 Å². The van der Waals surface area contributed by atoms with Crippen LogP contribution in [-0.4, -0.2) is 79.4 Å². The third kappa shape index (κ3) is 4.51. The molecule has 0 spiro atoms. The van der Waals surface area contributed by atoms with Gasteiger partial charge in [-0.15, -0.1) is 0 Å². The van der Waals surface area contributed by atoms with Crippen molar-refractivity contribution in [3.8, 4) is 5.75 Å². The van der Waals surface area contributed by atoms with Crippen LogP contribution in [0, 0.1) is 0 Å². The quantitative estimate of drug-likeness (QED) is 0.811. The van der Waals surface area contributed by atoms with Crippen LogP contribution in [0.15, 0.2) is 24.3 Å². The highest BCUT2D eigenvalue weighted by atomic mass is 16.5. The minimum atomic E-state index is 0.0202. The molecule has 0 N–H and O–H groups in total. The summed E-state index contributed by atoms with van der Waals surface area (Å²) in [5, 5.41) is 0. The Labute approximate surface area is 149 Å². The van der Waals surface area contributed by atoms with Gasteiger partial charge in [0.05, 0.1) is 7.11 Å². The van der Waals surface area contributed by atoms with Gasteiger partial charge in [0.2, 0.25) is 5.91 Å². The predicted octanol–water partition coefficient (Wildman–Crippen LogP) is 1.47. The van der Waals surface area contributed by atoms with Crippen molar-refractivity contribution in [2.24, 2.45) is 0 Å². The van der Waals surface area contributed by atoms with Crippen molar-refractivity contribution >= 4 is 11.8 Å². The molecule has 0 radical (unpaired) electrons. The van der Waals surface area contributed by atoms with Gasteiger partial charge in [-0.25, -0.2) is 0 Å². The van der Waals surface area contributed by atoms with Crippen LogP contribution in [0.1, 0.15) is 29.6 Å². The summed E-state index contributed by atoms with van der Waals surface area (Å²) in [5.41, 5.74) is 0.662. The monoisotopic (exact) mass is 345 g/mol. The summed E-state index contributed by atoms with van der Waals surface area (Å²) in [4.78, 5) is 31.0. The van der Waals surface area contributed by atoms with Crippen LogP contribution in [-0.2, 0) is 4.79 Å². The van der Waals surface area contributed by atoms with Crippen molar-refractivity contribution in [2.75, 3.05) is 52.9 Å². The molecule has 0 unspecified atom stereocenters. The molecular formula is C19H27N3O3. The summed E-state index contributed by atoms with van der Waals surface area (Å²) in [6.07, 6.45) is 3.09. The van der Waals surface area contributed by atoms with E-state index < -0.39 is 0 Å². The average molecular weight is 345 g/mol. The van der Waals surface area contributed by atoms with Crippen LogP contribution < -0.4 is 4.74 Å². The second-order valence-electron chi connectivity index (χ2n) is 6.70. The lowest BCUT2D eigenvalue weighted by molar-refractivity contribution is -0.133. The Kier molecular flexibility index (Phi) is 5.91. The molecule has 25 heavy (non-hydrogen) atoms. The number of likely N-dealkylation sites (tertiary alicyclic amines) is 1. The Bertz CT molecular complexity index is 588. The van der Waals surface area contributed by atoms with Crippen molar-refractivity contribution in [3.05, 3.63) is 29.8 Å². The lowest BCUT2D eigenvalue weighted by atomic mass is 10.1. The van der Waals surface area contributed by atoms with E-state index in [1.165, 1.54) is 12.8 Å². The standard InChI is InChI=1S/C19H27N3O3/c1-25-17-6-4-16(5-7-17)19(24)22-14-12-21(13-15-22)18(23)8-11-20-9-2-3-10-20/h4-7H,2-3,8-15H2,1H3. The molecule has 1 aromatic rings. The molecule has 0 bridgehead atoms. The number of carbonyl (C=O) groups excluding carboxylic acids is 2. The third-order valence-electron chi connectivity index (χ3n) is 5.10. The number of piperazine rings is 1. The number of methoxy groups -OCH3 is 1. The lowest BCUT2D eigenvalue weighted by Crippen LogP contribution is -2.51. The van der Waals surface area contributed by atoms with Gasteiger partial charge in [-0.05, 0) is 50.2 Å². The molecule has 1 aromatic carbocycles. The molecule has 2 fully saturated rings. The minimum absolute atomic E-state index is 0.0202. The molecular weight excluding hydrogens is 318 g/mol. The summed E-state index contributed by atoms with van der Waals surface area (Å²) in [7, 11) is 1.61. The zero-order valence-electron chi connectivity index (χ0n) is 14.9. The Morgan fingerprint density at radius 3 is 2.12 bits per heavy atom. The summed E-state index contributed by atoms with van der Waals surface area (Å²) < 4.78 is 5.12. The van der Waals surface area contributed by atoms with Gasteiger partial charge in [0.1, 0.15) is 5.75 Å². The molecule has 2 heterocycles. The molecule has 136 valence electrons. The Morgan fingerprint density at radius 2 is 1.52 bits per heavy atom.